The van der Waals surface area contributed by atoms with E-state index in [0.717, 1.165) is 29.8 Å². The van der Waals surface area contributed by atoms with Crippen LogP contribution in [0.3, 0.4) is 0 Å². The fourth-order valence-corrected chi connectivity index (χ4v) is 3.26. The van der Waals surface area contributed by atoms with Gasteiger partial charge in [0.25, 0.3) is 0 Å². The summed E-state index contributed by atoms with van der Waals surface area (Å²) >= 11 is 6.00. The Labute approximate surface area is 185 Å². The van der Waals surface area contributed by atoms with Crippen molar-refractivity contribution in [2.45, 2.75) is 19.8 Å². The zero-order valence-electron chi connectivity index (χ0n) is 17.2. The third-order valence-electron chi connectivity index (χ3n) is 4.79. The molecule has 0 saturated carbocycles. The van der Waals surface area contributed by atoms with Crippen molar-refractivity contribution in [1.29, 1.82) is 0 Å². The lowest BCUT2D eigenvalue weighted by Crippen LogP contribution is -2.30. The molecule has 4 nitrogen and oxygen atoms in total. The average molecular weight is 444 g/mol. The number of amides is 2. The van der Waals surface area contributed by atoms with Crippen molar-refractivity contribution >= 4 is 34.7 Å². The number of hydrogen-bond acceptors (Lipinski definition) is 2. The first kappa shape index (κ1) is 22.6. The van der Waals surface area contributed by atoms with Gasteiger partial charge in [-0.25, -0.2) is 13.6 Å². The van der Waals surface area contributed by atoms with E-state index in [0.29, 0.717) is 23.8 Å². The maximum atomic E-state index is 13.3. The van der Waals surface area contributed by atoms with E-state index in [9.17, 15) is 13.6 Å². The fraction of sp³-hybridized carbons (Fsp3) is 0.208. The largest absolute Gasteiger partial charge is 0.341 e. The molecule has 0 aliphatic rings. The lowest BCUT2D eigenvalue weighted by molar-refractivity contribution is 0.252. The van der Waals surface area contributed by atoms with Crippen molar-refractivity contribution < 1.29 is 13.6 Å². The maximum Gasteiger partial charge on any atom is 0.319 e. The minimum Gasteiger partial charge on any atom is -0.341 e. The highest BCUT2D eigenvalue weighted by atomic mass is 35.5. The molecule has 0 spiro atoms. The average Bonchev–Trinajstić information content (AvgIpc) is 2.75. The first-order valence-corrected chi connectivity index (χ1v) is 10.4. The van der Waals surface area contributed by atoms with Crippen molar-refractivity contribution in [3.05, 3.63) is 89.0 Å². The molecule has 31 heavy (non-hydrogen) atoms. The summed E-state index contributed by atoms with van der Waals surface area (Å²) in [6.45, 7) is 3.01. The molecular weight excluding hydrogens is 420 g/mol. The summed E-state index contributed by atoms with van der Waals surface area (Å²) in [5.74, 6) is -0.622. The Morgan fingerprint density at radius 3 is 2.03 bits per heavy atom. The first-order valence-electron chi connectivity index (χ1n) is 10.0. The van der Waals surface area contributed by atoms with Gasteiger partial charge in [-0.3, -0.25) is 0 Å². The molecule has 0 aliphatic carbocycles. The monoisotopic (exact) mass is 443 g/mol. The van der Waals surface area contributed by atoms with Gasteiger partial charge < -0.3 is 15.5 Å². The van der Waals surface area contributed by atoms with Gasteiger partial charge in [-0.1, -0.05) is 11.6 Å². The third kappa shape index (κ3) is 6.69. The molecule has 0 radical (unpaired) electrons. The number of rotatable bonds is 8. The molecule has 0 saturated heterocycles. The van der Waals surface area contributed by atoms with Crippen LogP contribution in [-0.4, -0.2) is 19.1 Å². The van der Waals surface area contributed by atoms with Crippen LogP contribution in [0, 0.1) is 18.6 Å². The molecule has 0 atom stereocenters. The third-order valence-corrected chi connectivity index (χ3v) is 5.21. The lowest BCUT2D eigenvalue weighted by Gasteiger charge is -2.25. The van der Waals surface area contributed by atoms with Crippen molar-refractivity contribution in [1.82, 2.24) is 5.32 Å². The van der Waals surface area contributed by atoms with E-state index in [1.807, 2.05) is 17.9 Å². The van der Waals surface area contributed by atoms with Crippen molar-refractivity contribution in [2.24, 2.45) is 0 Å². The summed E-state index contributed by atoms with van der Waals surface area (Å²) in [5, 5.41) is 6.27. The molecule has 3 rings (SSSR count). The molecule has 7 heteroatoms. The Morgan fingerprint density at radius 1 is 0.903 bits per heavy atom. The number of aryl methyl sites for hydroxylation is 1. The van der Waals surface area contributed by atoms with Crippen LogP contribution in [0.5, 0.6) is 0 Å². The summed E-state index contributed by atoms with van der Waals surface area (Å²) in [6, 6.07) is 17.4. The molecular formula is C24H24ClF2N3O. The van der Waals surface area contributed by atoms with E-state index in [1.165, 1.54) is 24.3 Å². The van der Waals surface area contributed by atoms with Gasteiger partial charge in [0.05, 0.1) is 0 Å². The topological polar surface area (TPSA) is 44.4 Å². The second kappa shape index (κ2) is 10.8. The highest BCUT2D eigenvalue weighted by Gasteiger charge is 2.10. The number of nitrogens with zero attached hydrogens (tertiary/aromatic N) is 1. The highest BCUT2D eigenvalue weighted by molar-refractivity contribution is 6.31. The maximum absolute atomic E-state index is 13.3. The summed E-state index contributed by atoms with van der Waals surface area (Å²) in [4.78, 5) is 14.1. The van der Waals surface area contributed by atoms with E-state index >= 15 is 0 Å². The Balaban J connectivity index is 1.51. The number of nitrogens with one attached hydrogen (secondary N) is 2. The second-order valence-electron chi connectivity index (χ2n) is 7.16. The van der Waals surface area contributed by atoms with Gasteiger partial charge in [0.1, 0.15) is 11.6 Å². The SMILES string of the molecule is Cc1cc(NC(=O)NCCCCN(c2ccc(F)cc2)c2ccc(F)cc2)ccc1Cl. The minimum absolute atomic E-state index is 0.282. The predicted octanol–water partition coefficient (Wildman–Crippen LogP) is 6.67. The van der Waals surface area contributed by atoms with Crippen LogP contribution in [-0.2, 0) is 0 Å². The number of benzene rings is 3. The second-order valence-corrected chi connectivity index (χ2v) is 7.56. The van der Waals surface area contributed by atoms with Gasteiger partial charge in [0.15, 0.2) is 0 Å². The summed E-state index contributed by atoms with van der Waals surface area (Å²) in [7, 11) is 0. The van der Waals surface area contributed by atoms with Crippen LogP contribution in [0.2, 0.25) is 5.02 Å². The van der Waals surface area contributed by atoms with Gasteiger partial charge in [-0.05, 0) is 92.1 Å². The van der Waals surface area contributed by atoms with Gasteiger partial charge >= 0.3 is 6.03 Å². The molecule has 3 aromatic rings. The van der Waals surface area contributed by atoms with Gasteiger partial charge in [-0.15, -0.1) is 0 Å². The van der Waals surface area contributed by atoms with Gasteiger partial charge in [-0.2, -0.15) is 0 Å². The number of carbonyl (C=O) groups excluding carboxylic acids is 1. The van der Waals surface area contributed by atoms with Crippen molar-refractivity contribution in [3.63, 3.8) is 0 Å². The molecule has 2 N–H and O–H groups in total. The zero-order valence-corrected chi connectivity index (χ0v) is 17.9. The van der Waals surface area contributed by atoms with Gasteiger partial charge in [0, 0.05) is 35.2 Å². The quantitative estimate of drug-likeness (QED) is 0.382. The molecule has 0 aromatic heterocycles. The highest BCUT2D eigenvalue weighted by Crippen LogP contribution is 2.26. The normalized spacial score (nSPS) is 10.6. The number of carbonyl (C=O) groups is 1. The van der Waals surface area contributed by atoms with Crippen molar-refractivity contribution in [3.8, 4) is 0 Å². The molecule has 0 heterocycles. The standard InChI is InChI=1S/C24H24ClF2N3O/c1-17-16-20(8-13-23(17)25)29-24(31)28-14-2-3-15-30(21-9-4-18(26)5-10-21)22-11-6-19(27)7-12-22/h4-13,16H,2-3,14-15H2,1H3,(H2,28,29,31). The minimum atomic E-state index is -0.311. The Bertz CT molecular complexity index is 965. The van der Waals surface area contributed by atoms with Crippen LogP contribution >= 0.6 is 11.6 Å². The number of halogens is 3. The van der Waals surface area contributed by atoms with Crippen LogP contribution < -0.4 is 15.5 Å². The summed E-state index contributed by atoms with van der Waals surface area (Å²) in [5.41, 5.74) is 3.20. The van der Waals surface area contributed by atoms with E-state index in [-0.39, 0.29) is 17.7 Å². The van der Waals surface area contributed by atoms with Crippen LogP contribution in [0.1, 0.15) is 18.4 Å². The Morgan fingerprint density at radius 2 is 1.48 bits per heavy atom. The van der Waals surface area contributed by atoms with Crippen LogP contribution in [0.15, 0.2) is 66.7 Å². The molecule has 0 bridgehead atoms. The molecule has 0 aliphatic heterocycles. The first-order chi connectivity index (χ1) is 14.9. The Hall–Kier alpha value is -3.12. The zero-order chi connectivity index (χ0) is 22.2. The Kier molecular flexibility index (Phi) is 7.84. The van der Waals surface area contributed by atoms with E-state index in [2.05, 4.69) is 10.6 Å². The molecule has 162 valence electrons. The fourth-order valence-electron chi connectivity index (χ4n) is 3.14. The van der Waals surface area contributed by atoms with E-state index in [1.54, 1.807) is 36.4 Å². The van der Waals surface area contributed by atoms with Crippen molar-refractivity contribution in [2.75, 3.05) is 23.3 Å². The smallest absolute Gasteiger partial charge is 0.319 e. The molecule has 0 unspecified atom stereocenters. The lowest BCUT2D eigenvalue weighted by atomic mass is 10.2. The van der Waals surface area contributed by atoms with Gasteiger partial charge in [0.2, 0.25) is 0 Å². The molecule has 2 amide bonds. The summed E-state index contributed by atoms with van der Waals surface area (Å²) in [6.07, 6.45) is 1.51. The number of anilines is 3. The van der Waals surface area contributed by atoms with Crippen LogP contribution in [0.4, 0.5) is 30.6 Å². The number of unbranched alkanes of at least 4 members (excludes halogenated alkanes) is 1. The van der Waals surface area contributed by atoms with E-state index in [4.69, 9.17) is 11.6 Å². The molecule has 0 fully saturated rings. The molecule has 3 aromatic carbocycles. The van der Waals surface area contributed by atoms with Crippen LogP contribution in [0.25, 0.3) is 0 Å². The summed E-state index contributed by atoms with van der Waals surface area (Å²) < 4.78 is 26.6. The predicted molar refractivity (Wildman–Crippen MR) is 122 cm³/mol. The number of urea groups is 1. The number of hydrogen-bond donors (Lipinski definition) is 2. The van der Waals surface area contributed by atoms with E-state index < -0.39 is 0 Å².